The molecule has 0 amide bonds. The van der Waals surface area contributed by atoms with Gasteiger partial charge in [0.1, 0.15) is 12.4 Å². The van der Waals surface area contributed by atoms with Gasteiger partial charge in [-0.3, -0.25) is 0 Å². The van der Waals surface area contributed by atoms with Gasteiger partial charge >= 0.3 is 0 Å². The number of methoxy groups -OCH3 is 1. The van der Waals surface area contributed by atoms with Gasteiger partial charge in [-0.25, -0.2) is 4.98 Å². The van der Waals surface area contributed by atoms with Crippen LogP contribution in [0.3, 0.4) is 0 Å². The van der Waals surface area contributed by atoms with Crippen molar-refractivity contribution in [1.29, 1.82) is 0 Å². The van der Waals surface area contributed by atoms with Crippen molar-refractivity contribution in [3.8, 4) is 11.6 Å². The molecule has 1 heterocycles. The molecule has 0 bridgehead atoms. The maximum atomic E-state index is 5.70. The van der Waals surface area contributed by atoms with Crippen molar-refractivity contribution >= 4 is 0 Å². The van der Waals surface area contributed by atoms with Crippen LogP contribution < -0.4 is 9.47 Å². The summed E-state index contributed by atoms with van der Waals surface area (Å²) in [5, 5.41) is 0. The number of hydrogen-bond donors (Lipinski definition) is 0. The number of aromatic nitrogens is 1. The zero-order chi connectivity index (χ0) is 12.1. The van der Waals surface area contributed by atoms with Gasteiger partial charge in [-0.15, -0.1) is 0 Å². The molecule has 0 fully saturated rings. The Morgan fingerprint density at radius 1 is 1.06 bits per heavy atom. The van der Waals surface area contributed by atoms with Crippen molar-refractivity contribution in [1.82, 2.24) is 4.98 Å². The smallest absolute Gasteiger partial charge is 0.213 e. The molecule has 3 heteroatoms. The number of ether oxygens (including phenoxy) is 2. The van der Waals surface area contributed by atoms with Crippen molar-refractivity contribution in [3.63, 3.8) is 0 Å². The van der Waals surface area contributed by atoms with Crippen molar-refractivity contribution in [2.75, 3.05) is 7.11 Å². The Morgan fingerprint density at radius 3 is 2.47 bits per heavy atom. The maximum absolute atomic E-state index is 5.70. The molecule has 2 aromatic rings. The van der Waals surface area contributed by atoms with Crippen LogP contribution in [0.1, 0.15) is 11.3 Å². The highest BCUT2D eigenvalue weighted by molar-refractivity contribution is 5.31. The van der Waals surface area contributed by atoms with E-state index in [-0.39, 0.29) is 0 Å². The summed E-state index contributed by atoms with van der Waals surface area (Å²) in [6.07, 6.45) is 0. The van der Waals surface area contributed by atoms with Gasteiger partial charge in [-0.05, 0) is 18.6 Å². The zero-order valence-corrected chi connectivity index (χ0v) is 10.0. The van der Waals surface area contributed by atoms with Crippen LogP contribution in [-0.4, -0.2) is 12.1 Å². The molecule has 0 radical (unpaired) electrons. The second-order valence-electron chi connectivity index (χ2n) is 3.71. The number of hydrogen-bond acceptors (Lipinski definition) is 3. The monoisotopic (exact) mass is 229 g/mol. The van der Waals surface area contributed by atoms with E-state index in [1.54, 1.807) is 13.2 Å². The van der Waals surface area contributed by atoms with Crippen molar-refractivity contribution in [3.05, 3.63) is 53.7 Å². The first kappa shape index (κ1) is 11.5. The summed E-state index contributed by atoms with van der Waals surface area (Å²) < 4.78 is 10.8. The zero-order valence-electron chi connectivity index (χ0n) is 10.0. The standard InChI is InChI=1S/C14H15NO2/c1-11-13(8-9-14(15-11)16-2)17-10-12-6-4-3-5-7-12/h3-9H,10H2,1-2H3. The third-order valence-electron chi connectivity index (χ3n) is 2.46. The van der Waals surface area contributed by atoms with E-state index >= 15 is 0 Å². The van der Waals surface area contributed by atoms with E-state index in [0.717, 1.165) is 17.0 Å². The molecule has 2 rings (SSSR count). The fraction of sp³-hybridized carbons (Fsp3) is 0.214. The second kappa shape index (κ2) is 5.34. The first-order valence-electron chi connectivity index (χ1n) is 5.48. The van der Waals surface area contributed by atoms with E-state index in [9.17, 15) is 0 Å². The second-order valence-corrected chi connectivity index (χ2v) is 3.71. The molecule has 0 atom stereocenters. The third-order valence-corrected chi connectivity index (χ3v) is 2.46. The van der Waals surface area contributed by atoms with Gasteiger partial charge in [0.25, 0.3) is 0 Å². The average Bonchev–Trinajstić information content (AvgIpc) is 2.38. The molecular formula is C14H15NO2. The summed E-state index contributed by atoms with van der Waals surface area (Å²) in [7, 11) is 1.60. The molecule has 0 aliphatic heterocycles. The summed E-state index contributed by atoms with van der Waals surface area (Å²) >= 11 is 0. The molecule has 1 aromatic heterocycles. The number of rotatable bonds is 4. The third kappa shape index (κ3) is 2.97. The summed E-state index contributed by atoms with van der Waals surface area (Å²) in [4.78, 5) is 4.26. The Labute approximate surface area is 101 Å². The largest absolute Gasteiger partial charge is 0.487 e. The molecule has 0 N–H and O–H groups in total. The molecule has 0 saturated heterocycles. The predicted octanol–water partition coefficient (Wildman–Crippen LogP) is 2.98. The number of nitrogens with zero attached hydrogens (tertiary/aromatic N) is 1. The molecule has 0 saturated carbocycles. The quantitative estimate of drug-likeness (QED) is 0.807. The van der Waals surface area contributed by atoms with E-state index in [2.05, 4.69) is 4.98 Å². The van der Waals surface area contributed by atoms with Gasteiger partial charge in [0.15, 0.2) is 0 Å². The van der Waals surface area contributed by atoms with Crippen LogP contribution in [0.4, 0.5) is 0 Å². The van der Waals surface area contributed by atoms with Crippen molar-refractivity contribution < 1.29 is 9.47 Å². The first-order valence-corrected chi connectivity index (χ1v) is 5.48. The fourth-order valence-corrected chi connectivity index (χ4v) is 1.53. The predicted molar refractivity (Wildman–Crippen MR) is 66.3 cm³/mol. The lowest BCUT2D eigenvalue weighted by Crippen LogP contribution is -1.99. The van der Waals surface area contributed by atoms with Crippen molar-refractivity contribution in [2.24, 2.45) is 0 Å². The van der Waals surface area contributed by atoms with E-state index in [4.69, 9.17) is 9.47 Å². The molecule has 17 heavy (non-hydrogen) atoms. The van der Waals surface area contributed by atoms with Gasteiger partial charge in [0.05, 0.1) is 12.8 Å². The summed E-state index contributed by atoms with van der Waals surface area (Å²) in [5.74, 6) is 1.39. The lowest BCUT2D eigenvalue weighted by molar-refractivity contribution is 0.300. The SMILES string of the molecule is COc1ccc(OCc2ccccc2)c(C)n1. The van der Waals surface area contributed by atoms with Gasteiger partial charge in [-0.1, -0.05) is 30.3 Å². The van der Waals surface area contributed by atoms with Crippen LogP contribution in [-0.2, 0) is 6.61 Å². The number of pyridine rings is 1. The van der Waals surface area contributed by atoms with Crippen LogP contribution in [0.2, 0.25) is 0 Å². The minimum absolute atomic E-state index is 0.551. The minimum Gasteiger partial charge on any atom is -0.487 e. The van der Waals surface area contributed by atoms with Crippen LogP contribution in [0, 0.1) is 6.92 Å². The first-order chi connectivity index (χ1) is 8.29. The molecule has 0 aliphatic rings. The van der Waals surface area contributed by atoms with E-state index in [1.807, 2.05) is 43.3 Å². The molecule has 3 nitrogen and oxygen atoms in total. The summed E-state index contributed by atoms with van der Waals surface area (Å²) in [6, 6.07) is 13.7. The highest BCUT2D eigenvalue weighted by Crippen LogP contribution is 2.20. The fourth-order valence-electron chi connectivity index (χ4n) is 1.53. The molecule has 88 valence electrons. The molecule has 0 unspecified atom stereocenters. The molecule has 1 aromatic carbocycles. The van der Waals surface area contributed by atoms with Crippen LogP contribution in [0.15, 0.2) is 42.5 Å². The van der Waals surface area contributed by atoms with Crippen LogP contribution in [0.25, 0.3) is 0 Å². The van der Waals surface area contributed by atoms with Gasteiger partial charge < -0.3 is 9.47 Å². The lowest BCUT2D eigenvalue weighted by atomic mass is 10.2. The van der Waals surface area contributed by atoms with Crippen LogP contribution in [0.5, 0.6) is 11.6 Å². The highest BCUT2D eigenvalue weighted by atomic mass is 16.5. The lowest BCUT2D eigenvalue weighted by Gasteiger charge is -2.09. The molecule has 0 aliphatic carbocycles. The Hall–Kier alpha value is -2.03. The van der Waals surface area contributed by atoms with E-state index < -0.39 is 0 Å². The Balaban J connectivity index is 2.04. The highest BCUT2D eigenvalue weighted by Gasteiger charge is 2.03. The van der Waals surface area contributed by atoms with Crippen molar-refractivity contribution in [2.45, 2.75) is 13.5 Å². The topological polar surface area (TPSA) is 31.4 Å². The summed E-state index contributed by atoms with van der Waals surface area (Å²) in [6.45, 7) is 2.46. The van der Waals surface area contributed by atoms with Gasteiger partial charge in [0, 0.05) is 6.07 Å². The number of benzene rings is 1. The van der Waals surface area contributed by atoms with E-state index in [1.165, 1.54) is 0 Å². The molecular weight excluding hydrogens is 214 g/mol. The minimum atomic E-state index is 0.551. The average molecular weight is 229 g/mol. The maximum Gasteiger partial charge on any atom is 0.213 e. The Morgan fingerprint density at radius 2 is 1.82 bits per heavy atom. The Kier molecular flexibility index (Phi) is 3.60. The van der Waals surface area contributed by atoms with E-state index in [0.29, 0.717) is 12.5 Å². The molecule has 0 spiro atoms. The Bertz CT molecular complexity index is 483. The van der Waals surface area contributed by atoms with Gasteiger partial charge in [-0.2, -0.15) is 0 Å². The summed E-state index contributed by atoms with van der Waals surface area (Å²) in [5.41, 5.74) is 1.97. The van der Waals surface area contributed by atoms with Crippen LogP contribution >= 0.6 is 0 Å². The normalized spacial score (nSPS) is 10.0. The van der Waals surface area contributed by atoms with Gasteiger partial charge in [0.2, 0.25) is 5.88 Å². The number of aryl methyl sites for hydroxylation is 1.